The molecule has 28 heavy (non-hydrogen) atoms. The maximum atomic E-state index is 13.2. The maximum Gasteiger partial charge on any atom is 0.228 e. The summed E-state index contributed by atoms with van der Waals surface area (Å²) in [6.45, 7) is 0.683. The molecule has 0 N–H and O–H groups in total. The highest BCUT2D eigenvalue weighted by atomic mass is 79.9. The molecule has 2 fully saturated rings. The lowest BCUT2D eigenvalue weighted by molar-refractivity contribution is -0.138. The van der Waals surface area contributed by atoms with Crippen molar-refractivity contribution in [3.8, 4) is 11.4 Å². The van der Waals surface area contributed by atoms with Gasteiger partial charge in [-0.2, -0.15) is 4.98 Å². The van der Waals surface area contributed by atoms with E-state index in [9.17, 15) is 4.79 Å². The Balaban J connectivity index is 1.43. The smallest absolute Gasteiger partial charge is 0.228 e. The van der Waals surface area contributed by atoms with Crippen LogP contribution in [0.5, 0.6) is 0 Å². The van der Waals surface area contributed by atoms with Gasteiger partial charge in [0.2, 0.25) is 17.6 Å². The highest BCUT2D eigenvalue weighted by Crippen LogP contribution is 2.30. The summed E-state index contributed by atoms with van der Waals surface area (Å²) < 4.78 is 6.50. The Morgan fingerprint density at radius 1 is 1.04 bits per heavy atom. The zero-order valence-electron chi connectivity index (χ0n) is 16.3. The quantitative estimate of drug-likeness (QED) is 0.597. The first-order chi connectivity index (χ1) is 13.7. The fourth-order valence-electron chi connectivity index (χ4n) is 4.56. The maximum absolute atomic E-state index is 13.2. The summed E-state index contributed by atoms with van der Waals surface area (Å²) in [5.41, 5.74) is 0.935. The topological polar surface area (TPSA) is 59.2 Å². The minimum absolute atomic E-state index is 0.225. The number of hydrogen-bond acceptors (Lipinski definition) is 4. The average molecular weight is 446 g/mol. The van der Waals surface area contributed by atoms with E-state index in [1.165, 1.54) is 32.1 Å². The van der Waals surface area contributed by atoms with Crippen LogP contribution < -0.4 is 0 Å². The Bertz CT molecular complexity index is 777. The van der Waals surface area contributed by atoms with Gasteiger partial charge < -0.3 is 9.42 Å². The predicted molar refractivity (Wildman–Crippen MR) is 112 cm³/mol. The van der Waals surface area contributed by atoms with E-state index in [1.54, 1.807) is 0 Å². The molecule has 0 bridgehead atoms. The Morgan fingerprint density at radius 3 is 2.43 bits per heavy atom. The van der Waals surface area contributed by atoms with Crippen LogP contribution in [0.4, 0.5) is 0 Å². The summed E-state index contributed by atoms with van der Waals surface area (Å²) in [4.78, 5) is 19.9. The molecule has 2 aromatic rings. The third kappa shape index (κ3) is 4.65. The second-order valence-corrected chi connectivity index (χ2v) is 8.99. The molecule has 1 aromatic carbocycles. The van der Waals surface area contributed by atoms with Gasteiger partial charge in [0.1, 0.15) is 0 Å². The van der Waals surface area contributed by atoms with Crippen molar-refractivity contribution in [2.75, 3.05) is 6.54 Å². The summed E-state index contributed by atoms with van der Waals surface area (Å²) in [5.74, 6) is 1.80. The van der Waals surface area contributed by atoms with Crippen LogP contribution in [0.2, 0.25) is 0 Å². The van der Waals surface area contributed by atoms with Gasteiger partial charge in [0.25, 0.3) is 0 Å². The van der Waals surface area contributed by atoms with E-state index in [0.29, 0.717) is 36.6 Å². The predicted octanol–water partition coefficient (Wildman–Crippen LogP) is 5.39. The Morgan fingerprint density at radius 2 is 1.71 bits per heavy atom. The molecule has 2 aliphatic carbocycles. The van der Waals surface area contributed by atoms with Crippen LogP contribution in [0.3, 0.4) is 0 Å². The number of halogens is 1. The van der Waals surface area contributed by atoms with Gasteiger partial charge in [-0.15, -0.1) is 0 Å². The normalized spacial score (nSPS) is 18.5. The van der Waals surface area contributed by atoms with Crippen molar-refractivity contribution in [3.63, 3.8) is 0 Å². The van der Waals surface area contributed by atoms with E-state index < -0.39 is 0 Å². The van der Waals surface area contributed by atoms with Gasteiger partial charge in [-0.25, -0.2) is 0 Å². The molecule has 0 radical (unpaired) electrons. The summed E-state index contributed by atoms with van der Waals surface area (Å²) in [7, 11) is 0. The van der Waals surface area contributed by atoms with Crippen molar-refractivity contribution in [2.45, 2.75) is 70.3 Å². The molecule has 2 saturated carbocycles. The van der Waals surface area contributed by atoms with E-state index in [4.69, 9.17) is 4.52 Å². The minimum atomic E-state index is 0.225. The van der Waals surface area contributed by atoms with Gasteiger partial charge in [-0.3, -0.25) is 4.79 Å². The van der Waals surface area contributed by atoms with Crippen molar-refractivity contribution in [1.29, 1.82) is 0 Å². The number of rotatable bonds is 6. The molecule has 1 heterocycles. The number of carbonyl (C=O) groups excluding carboxylic acids is 1. The molecule has 2 aliphatic rings. The van der Waals surface area contributed by atoms with E-state index >= 15 is 0 Å². The van der Waals surface area contributed by atoms with Crippen molar-refractivity contribution in [1.82, 2.24) is 15.0 Å². The van der Waals surface area contributed by atoms with E-state index in [0.717, 1.165) is 35.7 Å². The van der Waals surface area contributed by atoms with Crippen LogP contribution in [0.15, 0.2) is 33.3 Å². The third-order valence-corrected chi connectivity index (χ3v) is 6.67. The average Bonchev–Trinajstić information content (AvgIpc) is 3.42. The number of aromatic nitrogens is 2. The Kier molecular flexibility index (Phi) is 6.45. The van der Waals surface area contributed by atoms with Gasteiger partial charge in [0.15, 0.2) is 0 Å². The van der Waals surface area contributed by atoms with Crippen molar-refractivity contribution in [2.24, 2.45) is 5.92 Å². The second kappa shape index (κ2) is 9.21. The zero-order chi connectivity index (χ0) is 19.3. The van der Waals surface area contributed by atoms with Gasteiger partial charge in [-0.05, 0) is 49.9 Å². The fourth-order valence-corrected chi connectivity index (χ4v) is 4.83. The summed E-state index contributed by atoms with van der Waals surface area (Å²) >= 11 is 3.44. The monoisotopic (exact) mass is 445 g/mol. The first-order valence-electron chi connectivity index (χ1n) is 10.6. The number of carbonyl (C=O) groups is 1. The van der Waals surface area contributed by atoms with Crippen molar-refractivity contribution >= 4 is 21.8 Å². The summed E-state index contributed by atoms with van der Waals surface area (Å²) in [6.07, 6.45) is 11.1. The molecule has 0 atom stereocenters. The molecule has 6 heteroatoms. The van der Waals surface area contributed by atoms with Gasteiger partial charge in [0.05, 0.1) is 0 Å². The first kappa shape index (κ1) is 19.6. The van der Waals surface area contributed by atoms with Crippen LogP contribution in [0.1, 0.15) is 63.7 Å². The molecule has 0 aliphatic heterocycles. The van der Waals surface area contributed by atoms with E-state index in [1.807, 2.05) is 24.3 Å². The molecule has 1 amide bonds. The lowest BCUT2D eigenvalue weighted by Gasteiger charge is -2.36. The molecule has 0 saturated heterocycles. The number of amides is 1. The van der Waals surface area contributed by atoms with Gasteiger partial charge >= 0.3 is 0 Å². The first-order valence-corrected chi connectivity index (χ1v) is 11.4. The van der Waals surface area contributed by atoms with Crippen LogP contribution in [0, 0.1) is 5.92 Å². The lowest BCUT2D eigenvalue weighted by Crippen LogP contribution is -2.45. The molecule has 150 valence electrons. The van der Waals surface area contributed by atoms with Crippen molar-refractivity contribution < 1.29 is 9.32 Å². The van der Waals surface area contributed by atoms with Crippen LogP contribution in [-0.2, 0) is 11.2 Å². The SMILES string of the molecule is O=C(C1CCCC1)N(CCc1nc(-c2ccc(Br)cc2)no1)C1CCCCC1. The van der Waals surface area contributed by atoms with Gasteiger partial charge in [0, 0.05) is 35.0 Å². The van der Waals surface area contributed by atoms with Crippen LogP contribution in [0.25, 0.3) is 11.4 Å². The second-order valence-electron chi connectivity index (χ2n) is 8.07. The van der Waals surface area contributed by atoms with Gasteiger partial charge in [-0.1, -0.05) is 53.2 Å². The highest BCUT2D eigenvalue weighted by molar-refractivity contribution is 9.10. The number of hydrogen-bond donors (Lipinski definition) is 0. The van der Waals surface area contributed by atoms with E-state index in [-0.39, 0.29) is 5.92 Å². The van der Waals surface area contributed by atoms with E-state index in [2.05, 4.69) is 31.0 Å². The third-order valence-electron chi connectivity index (χ3n) is 6.14. The van der Waals surface area contributed by atoms with Crippen LogP contribution >= 0.6 is 15.9 Å². The molecular formula is C22H28BrN3O2. The fraction of sp³-hybridized carbons (Fsp3) is 0.591. The standard InChI is InChI=1S/C22H28BrN3O2/c23-18-12-10-16(11-13-18)21-24-20(28-25-21)14-15-26(19-8-2-1-3-9-19)22(27)17-6-4-5-7-17/h10-13,17,19H,1-9,14-15H2. The largest absolute Gasteiger partial charge is 0.339 e. The number of nitrogens with zero attached hydrogens (tertiary/aromatic N) is 3. The molecule has 1 aromatic heterocycles. The number of benzene rings is 1. The Labute approximate surface area is 175 Å². The minimum Gasteiger partial charge on any atom is -0.339 e. The molecule has 0 unspecified atom stereocenters. The van der Waals surface area contributed by atoms with Crippen molar-refractivity contribution in [3.05, 3.63) is 34.6 Å². The summed E-state index contributed by atoms with van der Waals surface area (Å²) in [6, 6.07) is 8.26. The highest BCUT2D eigenvalue weighted by Gasteiger charge is 2.32. The van der Waals surface area contributed by atoms with Crippen LogP contribution in [-0.4, -0.2) is 33.5 Å². The molecule has 5 nitrogen and oxygen atoms in total. The summed E-state index contributed by atoms with van der Waals surface area (Å²) in [5, 5.41) is 4.12. The zero-order valence-corrected chi connectivity index (χ0v) is 17.9. The molecular weight excluding hydrogens is 418 g/mol. The Hall–Kier alpha value is -1.69. The molecule has 0 spiro atoms. The molecule has 4 rings (SSSR count). The lowest BCUT2D eigenvalue weighted by atomic mass is 9.92.